The van der Waals surface area contributed by atoms with Crippen molar-refractivity contribution in [1.82, 2.24) is 0 Å². The minimum atomic E-state index is -1.05. The molecule has 0 amide bonds. The van der Waals surface area contributed by atoms with Crippen molar-refractivity contribution in [3.05, 3.63) is 112 Å². The quantitative estimate of drug-likeness (QED) is 0.212. The molecule has 5 heteroatoms. The number of fused-ring (bicyclic) bond motifs is 6. The van der Waals surface area contributed by atoms with Gasteiger partial charge in [-0.05, 0) is 92.4 Å². The molecule has 1 N–H and O–H groups in total. The van der Waals surface area contributed by atoms with Gasteiger partial charge in [-0.25, -0.2) is 4.79 Å². The van der Waals surface area contributed by atoms with Crippen LogP contribution in [0.4, 0.5) is 17.1 Å². The fourth-order valence-corrected chi connectivity index (χ4v) is 6.00. The summed E-state index contributed by atoms with van der Waals surface area (Å²) in [5.41, 5.74) is 7.52. The Balaban J connectivity index is 1.34. The molecule has 1 atom stereocenters. The Morgan fingerprint density at radius 1 is 0.732 bits per heavy atom. The third kappa shape index (κ3) is 4.73. The summed E-state index contributed by atoms with van der Waals surface area (Å²) in [5.74, 6) is 1.08. The van der Waals surface area contributed by atoms with Gasteiger partial charge in [-0.2, -0.15) is 0 Å². The van der Waals surface area contributed by atoms with E-state index in [9.17, 15) is 4.79 Å². The maximum atomic E-state index is 13.1. The molecule has 41 heavy (non-hydrogen) atoms. The Kier molecular flexibility index (Phi) is 7.21. The van der Waals surface area contributed by atoms with E-state index >= 15 is 0 Å². The number of carbonyl (C=O) groups is 1. The number of aryl methyl sites for hydroxylation is 2. The van der Waals surface area contributed by atoms with Crippen LogP contribution in [-0.4, -0.2) is 19.1 Å². The fourth-order valence-electron chi connectivity index (χ4n) is 6.00. The number of anilines is 3. The predicted molar refractivity (Wildman–Crippen MR) is 166 cm³/mol. The van der Waals surface area contributed by atoms with Crippen LogP contribution >= 0.6 is 0 Å². The van der Waals surface area contributed by atoms with Crippen LogP contribution in [0.15, 0.2) is 78.9 Å². The molecule has 2 aliphatic rings. The van der Waals surface area contributed by atoms with Gasteiger partial charge in [0.25, 0.3) is 0 Å². The van der Waals surface area contributed by atoms with Gasteiger partial charge in [-0.3, -0.25) is 0 Å². The third-order valence-corrected chi connectivity index (χ3v) is 8.41. The van der Waals surface area contributed by atoms with E-state index in [2.05, 4.69) is 68.2 Å². The van der Waals surface area contributed by atoms with Gasteiger partial charge in [0.2, 0.25) is 0 Å². The lowest BCUT2D eigenvalue weighted by molar-refractivity contribution is 0.0224. The highest BCUT2D eigenvalue weighted by atomic mass is 16.6. The first-order valence-electron chi connectivity index (χ1n) is 14.8. The molecule has 4 aromatic carbocycles. The van der Waals surface area contributed by atoms with E-state index in [1.807, 2.05) is 48.5 Å². The summed E-state index contributed by atoms with van der Waals surface area (Å²) in [5, 5.41) is 3.55. The van der Waals surface area contributed by atoms with Crippen molar-refractivity contribution in [2.24, 2.45) is 0 Å². The van der Waals surface area contributed by atoms with Gasteiger partial charge in [0, 0.05) is 52.9 Å². The molecule has 0 radical (unpaired) electrons. The molecule has 0 saturated carbocycles. The normalized spacial score (nSPS) is 16.4. The maximum Gasteiger partial charge on any atom is 0.340 e. The Labute approximate surface area is 243 Å². The molecule has 2 aliphatic heterocycles. The molecule has 4 aromatic rings. The summed E-state index contributed by atoms with van der Waals surface area (Å²) < 4.78 is 12.8. The molecular weight excluding hydrogens is 508 g/mol. The molecule has 0 bridgehead atoms. The van der Waals surface area contributed by atoms with E-state index in [0.717, 1.165) is 52.3 Å². The number of carbonyl (C=O) groups excluding carboxylic acids is 1. The van der Waals surface area contributed by atoms with Gasteiger partial charge in [0.15, 0.2) is 5.60 Å². The van der Waals surface area contributed by atoms with Gasteiger partial charge >= 0.3 is 5.97 Å². The highest BCUT2D eigenvalue weighted by Crippen LogP contribution is 2.56. The smallest absolute Gasteiger partial charge is 0.340 e. The van der Waals surface area contributed by atoms with Gasteiger partial charge in [-0.15, -0.1) is 0 Å². The Hall–Kier alpha value is -4.25. The summed E-state index contributed by atoms with van der Waals surface area (Å²) in [6, 6.07) is 26.6. The monoisotopic (exact) mass is 546 g/mol. The number of hydrogen-bond acceptors (Lipinski definition) is 5. The van der Waals surface area contributed by atoms with Crippen LogP contribution in [0.25, 0.3) is 0 Å². The Bertz CT molecular complexity index is 1590. The lowest BCUT2D eigenvalue weighted by Crippen LogP contribution is -2.33. The molecule has 1 spiro atoms. The summed E-state index contributed by atoms with van der Waals surface area (Å²) >= 11 is 0. The van der Waals surface area contributed by atoms with Crippen molar-refractivity contribution >= 4 is 23.0 Å². The molecule has 0 aromatic heterocycles. The third-order valence-electron chi connectivity index (χ3n) is 8.41. The topological polar surface area (TPSA) is 50.8 Å². The molecule has 6 rings (SSSR count). The van der Waals surface area contributed by atoms with Crippen LogP contribution in [0.5, 0.6) is 11.5 Å². The van der Waals surface area contributed by atoms with Gasteiger partial charge in [0.05, 0.1) is 5.56 Å². The van der Waals surface area contributed by atoms with Crippen LogP contribution < -0.4 is 15.0 Å². The number of nitrogens with zero attached hydrogens (tertiary/aromatic N) is 1. The summed E-state index contributed by atoms with van der Waals surface area (Å²) in [6.07, 6.45) is 4.78. The van der Waals surface area contributed by atoms with E-state index in [0.29, 0.717) is 17.1 Å². The maximum absolute atomic E-state index is 13.1. The molecule has 0 saturated heterocycles. The molecule has 0 aliphatic carbocycles. The zero-order valence-electron chi connectivity index (χ0n) is 24.4. The van der Waals surface area contributed by atoms with Crippen molar-refractivity contribution < 1.29 is 14.3 Å². The Morgan fingerprint density at radius 3 is 2.12 bits per heavy atom. The van der Waals surface area contributed by atoms with E-state index in [4.69, 9.17) is 9.47 Å². The minimum Gasteiger partial charge on any atom is -0.456 e. The zero-order valence-corrected chi connectivity index (χ0v) is 24.4. The van der Waals surface area contributed by atoms with Crippen LogP contribution in [-0.2, 0) is 10.3 Å². The first kappa shape index (κ1) is 26.9. The van der Waals surface area contributed by atoms with E-state index in [1.165, 1.54) is 31.4 Å². The van der Waals surface area contributed by atoms with Crippen LogP contribution in [0, 0.1) is 13.8 Å². The standard InChI is InChI=1S/C36H38N2O3/c1-5-7-19-38(20-8-6-2)28-16-13-26(14-17-28)37-27-15-18-31-34(23-27)40-33-22-25(4)24(3)21-32(33)36(31)30-12-10-9-11-29(30)35(39)41-36/h9-18,21-23,37H,5-8,19-20H2,1-4H3. The van der Waals surface area contributed by atoms with Gasteiger partial charge < -0.3 is 19.7 Å². The number of rotatable bonds is 9. The second-order valence-corrected chi connectivity index (χ2v) is 11.2. The van der Waals surface area contributed by atoms with Crippen LogP contribution in [0.1, 0.15) is 77.7 Å². The SMILES string of the molecule is CCCCN(CCCC)c1ccc(Nc2ccc3c(c2)Oc2cc(C)c(C)cc2C32OC(=O)c3ccccc32)cc1. The molecule has 2 heterocycles. The molecule has 0 fully saturated rings. The van der Waals surface area contributed by atoms with Gasteiger partial charge in [-0.1, -0.05) is 44.9 Å². The van der Waals surface area contributed by atoms with Crippen molar-refractivity contribution in [2.75, 3.05) is 23.3 Å². The number of esters is 1. The van der Waals surface area contributed by atoms with Gasteiger partial charge in [0.1, 0.15) is 11.5 Å². The van der Waals surface area contributed by atoms with Crippen molar-refractivity contribution in [3.63, 3.8) is 0 Å². The average Bonchev–Trinajstić information content (AvgIpc) is 3.27. The largest absolute Gasteiger partial charge is 0.456 e. The number of hydrogen-bond donors (Lipinski definition) is 1. The number of nitrogens with one attached hydrogen (secondary N) is 1. The van der Waals surface area contributed by atoms with Crippen molar-refractivity contribution in [2.45, 2.75) is 59.0 Å². The molecule has 1 unspecified atom stereocenters. The highest BCUT2D eigenvalue weighted by molar-refractivity contribution is 5.97. The molecular formula is C36H38N2O3. The van der Waals surface area contributed by atoms with Crippen molar-refractivity contribution in [1.29, 1.82) is 0 Å². The van der Waals surface area contributed by atoms with E-state index in [-0.39, 0.29) is 5.97 Å². The summed E-state index contributed by atoms with van der Waals surface area (Å²) in [7, 11) is 0. The number of ether oxygens (including phenoxy) is 2. The predicted octanol–water partition coefficient (Wildman–Crippen LogP) is 9.02. The second-order valence-electron chi connectivity index (χ2n) is 11.2. The van der Waals surface area contributed by atoms with Crippen LogP contribution in [0.2, 0.25) is 0 Å². The molecule has 5 nitrogen and oxygen atoms in total. The minimum absolute atomic E-state index is 0.313. The second kappa shape index (κ2) is 11.0. The summed E-state index contributed by atoms with van der Waals surface area (Å²) in [6.45, 7) is 10.8. The van der Waals surface area contributed by atoms with Crippen LogP contribution in [0.3, 0.4) is 0 Å². The summed E-state index contributed by atoms with van der Waals surface area (Å²) in [4.78, 5) is 15.6. The van der Waals surface area contributed by atoms with Crippen molar-refractivity contribution in [3.8, 4) is 11.5 Å². The lowest BCUT2D eigenvalue weighted by atomic mass is 9.77. The van der Waals surface area contributed by atoms with E-state index < -0.39 is 5.60 Å². The number of unbranched alkanes of at least 4 members (excludes halogenated alkanes) is 2. The molecule has 210 valence electrons. The number of benzene rings is 4. The Morgan fingerprint density at radius 2 is 1.39 bits per heavy atom. The van der Waals surface area contributed by atoms with E-state index in [1.54, 1.807) is 0 Å². The first-order valence-corrected chi connectivity index (χ1v) is 14.8. The highest BCUT2D eigenvalue weighted by Gasteiger charge is 2.53. The lowest BCUT2D eigenvalue weighted by Gasteiger charge is -2.37. The average molecular weight is 547 g/mol. The zero-order chi connectivity index (χ0) is 28.6. The first-order chi connectivity index (χ1) is 19.9. The fraction of sp³-hybridized carbons (Fsp3) is 0.306.